The van der Waals surface area contributed by atoms with Gasteiger partial charge < -0.3 is 15.2 Å². The lowest BCUT2D eigenvalue weighted by atomic mass is 10.1. The topological polar surface area (TPSA) is 58.6 Å². The number of hydrogen-bond acceptors (Lipinski definition) is 4. The lowest BCUT2D eigenvalue weighted by Crippen LogP contribution is -2.24. The summed E-state index contributed by atoms with van der Waals surface area (Å²) in [5.41, 5.74) is 2.25. The van der Waals surface area contributed by atoms with Gasteiger partial charge in [-0.25, -0.2) is 0 Å². The third kappa shape index (κ3) is 5.75. The third-order valence-electron chi connectivity index (χ3n) is 2.77. The van der Waals surface area contributed by atoms with Gasteiger partial charge in [-0.3, -0.25) is 4.79 Å². The van der Waals surface area contributed by atoms with Crippen LogP contribution in [0.5, 0.6) is 0 Å². The van der Waals surface area contributed by atoms with Crippen LogP contribution >= 0.6 is 0 Å². The van der Waals surface area contributed by atoms with Crippen LogP contribution in [0.1, 0.15) is 32.3 Å². The van der Waals surface area contributed by atoms with Crippen molar-refractivity contribution in [3.63, 3.8) is 0 Å². The molecule has 0 aromatic heterocycles. The van der Waals surface area contributed by atoms with Gasteiger partial charge in [0.1, 0.15) is 0 Å². The first-order valence-electron chi connectivity index (χ1n) is 6.82. The molecular formula is C15H23NO3. The van der Waals surface area contributed by atoms with Gasteiger partial charge in [0.25, 0.3) is 0 Å². The van der Waals surface area contributed by atoms with Gasteiger partial charge in [0, 0.05) is 12.2 Å². The van der Waals surface area contributed by atoms with Crippen molar-refractivity contribution in [1.29, 1.82) is 0 Å². The summed E-state index contributed by atoms with van der Waals surface area (Å²) < 4.78 is 4.80. The Morgan fingerprint density at radius 2 is 2.11 bits per heavy atom. The van der Waals surface area contributed by atoms with E-state index in [1.807, 2.05) is 18.2 Å². The maximum absolute atomic E-state index is 11.2. The molecule has 1 atom stereocenters. The van der Waals surface area contributed by atoms with E-state index in [1.165, 1.54) is 5.56 Å². The van der Waals surface area contributed by atoms with Gasteiger partial charge in [-0.05, 0) is 25.0 Å². The summed E-state index contributed by atoms with van der Waals surface area (Å²) in [4.78, 5) is 11.2. The van der Waals surface area contributed by atoms with Gasteiger partial charge in [0.05, 0.1) is 19.1 Å². The molecule has 0 saturated heterocycles. The highest BCUT2D eigenvalue weighted by atomic mass is 16.5. The van der Waals surface area contributed by atoms with Crippen LogP contribution in [0.2, 0.25) is 0 Å². The van der Waals surface area contributed by atoms with E-state index in [1.54, 1.807) is 6.92 Å². The standard InChI is InChI=1S/C15H23NO3/c1-3-7-12-8-5-6-9-14(12)16-11-13(17)10-15(18)19-4-2/h5-6,8-9,13,16-17H,3-4,7,10-11H2,1-2H3. The van der Waals surface area contributed by atoms with Gasteiger partial charge >= 0.3 is 5.97 Å². The van der Waals surface area contributed by atoms with E-state index in [0.29, 0.717) is 13.2 Å². The zero-order chi connectivity index (χ0) is 14.1. The summed E-state index contributed by atoms with van der Waals surface area (Å²) in [5.74, 6) is -0.362. The first-order chi connectivity index (χ1) is 9.17. The molecule has 0 spiro atoms. The second-order valence-corrected chi connectivity index (χ2v) is 4.45. The average molecular weight is 265 g/mol. The van der Waals surface area contributed by atoms with Crippen molar-refractivity contribution in [3.05, 3.63) is 29.8 Å². The number of aliphatic hydroxyl groups is 1. The smallest absolute Gasteiger partial charge is 0.308 e. The molecule has 1 aromatic rings. The summed E-state index contributed by atoms with van der Waals surface area (Å²) in [5, 5.41) is 13.0. The maximum atomic E-state index is 11.2. The number of aliphatic hydroxyl groups excluding tert-OH is 1. The number of carbonyl (C=O) groups is 1. The van der Waals surface area contributed by atoms with Crippen molar-refractivity contribution in [2.45, 2.75) is 39.2 Å². The molecule has 0 bridgehead atoms. The van der Waals surface area contributed by atoms with Crippen LogP contribution in [0.15, 0.2) is 24.3 Å². The molecule has 0 aliphatic heterocycles. The molecule has 1 aromatic carbocycles. The molecule has 0 fully saturated rings. The van der Waals surface area contributed by atoms with Crippen molar-refractivity contribution in [2.24, 2.45) is 0 Å². The van der Waals surface area contributed by atoms with Crippen molar-refractivity contribution < 1.29 is 14.6 Å². The molecule has 2 N–H and O–H groups in total. The SMILES string of the molecule is CCCc1ccccc1NCC(O)CC(=O)OCC. The molecule has 106 valence electrons. The van der Waals surface area contributed by atoms with Crippen LogP contribution < -0.4 is 5.32 Å². The predicted octanol–water partition coefficient (Wildman–Crippen LogP) is 2.37. The van der Waals surface area contributed by atoms with Crippen LogP contribution in [0.25, 0.3) is 0 Å². The van der Waals surface area contributed by atoms with Gasteiger partial charge in [0.2, 0.25) is 0 Å². The second-order valence-electron chi connectivity index (χ2n) is 4.45. The Bertz CT molecular complexity index is 393. The minimum absolute atomic E-state index is 0.0246. The molecule has 19 heavy (non-hydrogen) atoms. The number of esters is 1. The summed E-state index contributed by atoms with van der Waals surface area (Å²) in [7, 11) is 0. The van der Waals surface area contributed by atoms with Crippen LogP contribution in [0, 0.1) is 0 Å². The molecule has 1 unspecified atom stereocenters. The molecule has 0 aliphatic rings. The van der Waals surface area contributed by atoms with Gasteiger partial charge in [-0.1, -0.05) is 31.5 Å². The Kier molecular flexibility index (Phi) is 6.97. The normalized spacial score (nSPS) is 11.9. The number of benzene rings is 1. The summed E-state index contributed by atoms with van der Waals surface area (Å²) >= 11 is 0. The zero-order valence-corrected chi connectivity index (χ0v) is 11.7. The molecule has 1 rings (SSSR count). The lowest BCUT2D eigenvalue weighted by Gasteiger charge is -2.15. The Labute approximate surface area is 114 Å². The van der Waals surface area contributed by atoms with Crippen molar-refractivity contribution >= 4 is 11.7 Å². The van der Waals surface area contributed by atoms with E-state index in [-0.39, 0.29) is 12.4 Å². The van der Waals surface area contributed by atoms with E-state index in [9.17, 15) is 9.90 Å². The minimum Gasteiger partial charge on any atom is -0.466 e. The summed E-state index contributed by atoms with van der Waals surface area (Å²) in [6.07, 6.45) is 1.37. The molecule has 0 radical (unpaired) electrons. The minimum atomic E-state index is -0.728. The van der Waals surface area contributed by atoms with Gasteiger partial charge in [0.15, 0.2) is 0 Å². The van der Waals surface area contributed by atoms with E-state index in [2.05, 4.69) is 18.3 Å². The van der Waals surface area contributed by atoms with Crippen LogP contribution in [-0.4, -0.2) is 30.3 Å². The maximum Gasteiger partial charge on any atom is 0.308 e. The summed E-state index contributed by atoms with van der Waals surface area (Å²) in [6.45, 7) is 4.58. The molecule has 0 saturated carbocycles. The highest BCUT2D eigenvalue weighted by Crippen LogP contribution is 2.16. The molecule has 4 heteroatoms. The Morgan fingerprint density at radius 1 is 1.37 bits per heavy atom. The number of aryl methyl sites for hydroxylation is 1. The van der Waals surface area contributed by atoms with Gasteiger partial charge in [-0.2, -0.15) is 0 Å². The molecule has 4 nitrogen and oxygen atoms in total. The quantitative estimate of drug-likeness (QED) is 0.708. The Hall–Kier alpha value is -1.55. The average Bonchev–Trinajstić information content (AvgIpc) is 2.38. The molecule has 0 amide bonds. The lowest BCUT2D eigenvalue weighted by molar-refractivity contribution is -0.145. The number of para-hydroxylation sites is 1. The highest BCUT2D eigenvalue weighted by Gasteiger charge is 2.11. The van der Waals surface area contributed by atoms with Crippen LogP contribution in [-0.2, 0) is 16.0 Å². The first kappa shape index (κ1) is 15.5. The highest BCUT2D eigenvalue weighted by molar-refractivity contribution is 5.70. The molecular weight excluding hydrogens is 242 g/mol. The number of rotatable bonds is 8. The number of carbonyl (C=O) groups excluding carboxylic acids is 1. The Balaban J connectivity index is 2.45. The van der Waals surface area contributed by atoms with E-state index in [4.69, 9.17) is 4.74 Å². The number of ether oxygens (including phenoxy) is 1. The van der Waals surface area contributed by atoms with Crippen molar-refractivity contribution in [1.82, 2.24) is 0 Å². The van der Waals surface area contributed by atoms with E-state index >= 15 is 0 Å². The fourth-order valence-corrected chi connectivity index (χ4v) is 1.89. The number of hydrogen-bond donors (Lipinski definition) is 2. The fraction of sp³-hybridized carbons (Fsp3) is 0.533. The first-order valence-corrected chi connectivity index (χ1v) is 6.82. The van der Waals surface area contributed by atoms with Crippen LogP contribution in [0.4, 0.5) is 5.69 Å². The predicted molar refractivity (Wildman–Crippen MR) is 76.2 cm³/mol. The zero-order valence-electron chi connectivity index (χ0n) is 11.7. The molecule has 0 aliphatic carbocycles. The van der Waals surface area contributed by atoms with Gasteiger partial charge in [-0.15, -0.1) is 0 Å². The second kappa shape index (κ2) is 8.53. The summed E-state index contributed by atoms with van der Waals surface area (Å²) in [6, 6.07) is 8.02. The Morgan fingerprint density at radius 3 is 2.79 bits per heavy atom. The van der Waals surface area contributed by atoms with Crippen LogP contribution in [0.3, 0.4) is 0 Å². The third-order valence-corrected chi connectivity index (χ3v) is 2.77. The monoisotopic (exact) mass is 265 g/mol. The fourth-order valence-electron chi connectivity index (χ4n) is 1.89. The van der Waals surface area contributed by atoms with Crippen molar-refractivity contribution in [2.75, 3.05) is 18.5 Å². The van der Waals surface area contributed by atoms with E-state index in [0.717, 1.165) is 18.5 Å². The van der Waals surface area contributed by atoms with E-state index < -0.39 is 6.10 Å². The number of anilines is 1. The largest absolute Gasteiger partial charge is 0.466 e. The van der Waals surface area contributed by atoms with Crippen molar-refractivity contribution in [3.8, 4) is 0 Å². The number of nitrogens with one attached hydrogen (secondary N) is 1. The molecule has 0 heterocycles.